The van der Waals surface area contributed by atoms with Crippen LogP contribution in [0.5, 0.6) is 0 Å². The predicted octanol–water partition coefficient (Wildman–Crippen LogP) is 17.9. The summed E-state index contributed by atoms with van der Waals surface area (Å²) in [6.07, 6.45) is 74.5. The quantitative estimate of drug-likeness (QED) is 0.0211. The smallest absolute Gasteiger partial charge is 0.361 e. The number of hydrogen-bond donors (Lipinski definition) is 1. The number of unbranched alkanes of at least 4 members (excludes halogenated alkanes) is 21. The summed E-state index contributed by atoms with van der Waals surface area (Å²) in [6.45, 7) is 4.64. The number of allylic oxidation sites excluding steroid dienone is 18. The van der Waals surface area contributed by atoms with E-state index < -0.39 is 24.3 Å². The lowest BCUT2D eigenvalue weighted by atomic mass is 10.0. The second-order valence-electron chi connectivity index (χ2n) is 20.9. The topological polar surface area (TPSA) is 108 Å². The van der Waals surface area contributed by atoms with Gasteiger partial charge >= 0.3 is 17.9 Å². The molecule has 0 bridgehead atoms. The van der Waals surface area contributed by atoms with Crippen LogP contribution >= 0.6 is 0 Å². The van der Waals surface area contributed by atoms with Crippen molar-refractivity contribution >= 4 is 17.9 Å². The van der Waals surface area contributed by atoms with Crippen molar-refractivity contribution in [1.29, 1.82) is 0 Å². The van der Waals surface area contributed by atoms with Gasteiger partial charge in [-0.05, 0) is 96.3 Å². The third-order valence-electron chi connectivity index (χ3n) is 12.5. The van der Waals surface area contributed by atoms with E-state index in [4.69, 9.17) is 18.9 Å². The molecule has 9 heteroatoms. The summed E-state index contributed by atoms with van der Waals surface area (Å²) in [6, 6.07) is 0. The number of quaternary nitrogens is 1. The van der Waals surface area contributed by atoms with Gasteiger partial charge in [-0.25, -0.2) is 4.79 Å². The molecule has 1 N–H and O–H groups in total. The molecule has 0 aromatic rings. The standard InChI is InChI=1S/C66H111NO8/c1-6-8-10-12-14-16-18-20-22-24-26-28-29-30-31-32-33-34-35-37-39-41-43-45-47-49-51-53-55-57-64(69)75-62(61-74-66(65(70)71)72-59-58-67(3,4)5)60-73-63(68)56-54-52-50-48-46-44-42-40-38-36-27-25-23-21-19-17-15-13-11-9-7-2/h8-11,14-17,20-23,26-28,30-31,36,62,66H,6-7,12-13,18-19,24-25,29,32-35,37-61H2,1-5H3/p+1/b10-8-,11-9-,16-14-,17-15-,22-20-,23-21-,28-26-,31-30-,36-27-. The highest BCUT2D eigenvalue weighted by Gasteiger charge is 2.25. The van der Waals surface area contributed by atoms with E-state index in [0.29, 0.717) is 17.4 Å². The highest BCUT2D eigenvalue weighted by atomic mass is 16.7. The molecule has 0 aliphatic carbocycles. The maximum absolute atomic E-state index is 12.9. The normalized spacial score (nSPS) is 13.6. The van der Waals surface area contributed by atoms with E-state index in [1.807, 2.05) is 21.1 Å². The third kappa shape index (κ3) is 57.5. The Balaban J connectivity index is 4.23. The molecule has 75 heavy (non-hydrogen) atoms. The van der Waals surface area contributed by atoms with Crippen LogP contribution in [-0.2, 0) is 33.3 Å². The van der Waals surface area contributed by atoms with Gasteiger partial charge in [0.2, 0.25) is 0 Å². The van der Waals surface area contributed by atoms with E-state index in [1.54, 1.807) is 0 Å². The highest BCUT2D eigenvalue weighted by Crippen LogP contribution is 2.16. The van der Waals surface area contributed by atoms with Crippen LogP contribution in [0.1, 0.15) is 232 Å². The van der Waals surface area contributed by atoms with Crippen molar-refractivity contribution in [3.05, 3.63) is 109 Å². The molecule has 0 radical (unpaired) electrons. The Morgan fingerprint density at radius 2 is 0.720 bits per heavy atom. The van der Waals surface area contributed by atoms with E-state index in [0.717, 1.165) is 109 Å². The van der Waals surface area contributed by atoms with Crippen LogP contribution in [0.2, 0.25) is 0 Å². The molecular formula is C66H112NO8+. The van der Waals surface area contributed by atoms with Crippen LogP contribution in [0.3, 0.4) is 0 Å². The fourth-order valence-electron chi connectivity index (χ4n) is 7.97. The first-order valence-electron chi connectivity index (χ1n) is 30.1. The minimum Gasteiger partial charge on any atom is -0.477 e. The number of carboxylic acid groups (broad SMARTS) is 1. The molecule has 0 aromatic carbocycles. The second-order valence-corrected chi connectivity index (χ2v) is 20.9. The average molecular weight is 1050 g/mol. The minimum absolute atomic E-state index is 0.181. The van der Waals surface area contributed by atoms with Crippen LogP contribution in [-0.4, -0.2) is 87.4 Å². The zero-order chi connectivity index (χ0) is 54.8. The largest absolute Gasteiger partial charge is 0.477 e. The van der Waals surface area contributed by atoms with E-state index in [9.17, 15) is 19.5 Å². The van der Waals surface area contributed by atoms with Gasteiger partial charge in [0.1, 0.15) is 13.2 Å². The molecule has 2 atom stereocenters. The van der Waals surface area contributed by atoms with Crippen molar-refractivity contribution in [3.8, 4) is 0 Å². The monoisotopic (exact) mass is 1050 g/mol. The molecule has 0 fully saturated rings. The van der Waals surface area contributed by atoms with Crippen LogP contribution in [0, 0.1) is 0 Å². The van der Waals surface area contributed by atoms with Crippen LogP contribution in [0.15, 0.2) is 109 Å². The van der Waals surface area contributed by atoms with Gasteiger partial charge in [0.25, 0.3) is 6.29 Å². The maximum Gasteiger partial charge on any atom is 0.361 e. The average Bonchev–Trinajstić information content (AvgIpc) is 3.38. The Hall–Kier alpha value is -4.05. The summed E-state index contributed by atoms with van der Waals surface area (Å²) in [5, 5.41) is 9.71. The lowest BCUT2D eigenvalue weighted by Crippen LogP contribution is -2.40. The Kier molecular flexibility index (Phi) is 53.1. The number of aliphatic carboxylic acids is 1. The predicted molar refractivity (Wildman–Crippen MR) is 318 cm³/mol. The van der Waals surface area contributed by atoms with Gasteiger partial charge < -0.3 is 28.5 Å². The molecule has 428 valence electrons. The lowest BCUT2D eigenvalue weighted by molar-refractivity contribution is -0.870. The molecule has 0 rings (SSSR count). The number of rotatable bonds is 54. The van der Waals surface area contributed by atoms with E-state index in [2.05, 4.69) is 123 Å². The Labute approximate surface area is 460 Å². The minimum atomic E-state index is -1.52. The number of esters is 2. The zero-order valence-corrected chi connectivity index (χ0v) is 48.7. The van der Waals surface area contributed by atoms with Crippen molar-refractivity contribution in [2.24, 2.45) is 0 Å². The summed E-state index contributed by atoms with van der Waals surface area (Å²) in [5.74, 6) is -2.02. The molecule has 2 unspecified atom stereocenters. The molecule has 0 aromatic heterocycles. The van der Waals surface area contributed by atoms with Crippen molar-refractivity contribution in [2.45, 2.75) is 245 Å². The van der Waals surface area contributed by atoms with Crippen molar-refractivity contribution < 1.29 is 42.9 Å². The van der Waals surface area contributed by atoms with Gasteiger partial charge in [-0.15, -0.1) is 0 Å². The lowest BCUT2D eigenvalue weighted by Gasteiger charge is -2.25. The van der Waals surface area contributed by atoms with Crippen LogP contribution in [0.25, 0.3) is 0 Å². The van der Waals surface area contributed by atoms with Gasteiger partial charge in [0, 0.05) is 12.8 Å². The summed E-state index contributed by atoms with van der Waals surface area (Å²) >= 11 is 0. The van der Waals surface area contributed by atoms with Crippen molar-refractivity contribution in [1.82, 2.24) is 0 Å². The molecule has 9 nitrogen and oxygen atoms in total. The maximum atomic E-state index is 12.9. The fourth-order valence-corrected chi connectivity index (χ4v) is 7.97. The molecule has 0 saturated heterocycles. The number of hydrogen-bond acceptors (Lipinski definition) is 7. The molecule has 0 aliphatic rings. The molecule has 0 heterocycles. The molecule has 0 spiro atoms. The first-order chi connectivity index (χ1) is 36.6. The van der Waals surface area contributed by atoms with E-state index in [1.165, 1.54) is 89.9 Å². The van der Waals surface area contributed by atoms with Gasteiger partial charge in [0.05, 0.1) is 34.4 Å². The Morgan fingerprint density at radius 1 is 0.400 bits per heavy atom. The zero-order valence-electron chi connectivity index (χ0n) is 48.7. The number of carbonyl (C=O) groups excluding carboxylic acids is 2. The van der Waals surface area contributed by atoms with Crippen LogP contribution in [0.4, 0.5) is 0 Å². The van der Waals surface area contributed by atoms with E-state index in [-0.39, 0.29) is 38.6 Å². The number of nitrogens with zero attached hydrogens (tertiary/aromatic N) is 1. The fraction of sp³-hybridized carbons (Fsp3) is 0.682. The van der Waals surface area contributed by atoms with Gasteiger partial charge in [0.15, 0.2) is 6.10 Å². The van der Waals surface area contributed by atoms with Gasteiger partial charge in [-0.3, -0.25) is 9.59 Å². The summed E-state index contributed by atoms with van der Waals surface area (Å²) in [7, 11) is 5.96. The first-order valence-corrected chi connectivity index (χ1v) is 30.1. The molecule has 0 saturated carbocycles. The summed E-state index contributed by atoms with van der Waals surface area (Å²) in [4.78, 5) is 37.5. The van der Waals surface area contributed by atoms with Crippen LogP contribution < -0.4 is 0 Å². The number of likely N-dealkylation sites (N-methyl/N-ethyl adjacent to an activating group) is 1. The SMILES string of the molecule is CC/C=C\C/C=C\C/C=C\C/C=C\C/C=C\CCCCCCCCCCCCCCCC(=O)OC(COC(=O)CCCCCCCCCC/C=C\C/C=C\C/C=C\C/C=C\CC)COC(OCC[N+](C)(C)C)C(=O)O. The third-order valence-corrected chi connectivity index (χ3v) is 12.5. The summed E-state index contributed by atoms with van der Waals surface area (Å²) < 4.78 is 22.9. The number of ether oxygens (including phenoxy) is 4. The Morgan fingerprint density at radius 3 is 1.07 bits per heavy atom. The van der Waals surface area contributed by atoms with Gasteiger partial charge in [-0.1, -0.05) is 232 Å². The molecule has 0 amide bonds. The van der Waals surface area contributed by atoms with Gasteiger partial charge in [-0.2, -0.15) is 0 Å². The summed E-state index contributed by atoms with van der Waals surface area (Å²) in [5.41, 5.74) is 0. The highest BCUT2D eigenvalue weighted by molar-refractivity contribution is 5.71. The number of carbonyl (C=O) groups is 3. The Bertz CT molecular complexity index is 1590. The number of carboxylic acids is 1. The van der Waals surface area contributed by atoms with Crippen molar-refractivity contribution in [2.75, 3.05) is 47.5 Å². The van der Waals surface area contributed by atoms with E-state index >= 15 is 0 Å². The van der Waals surface area contributed by atoms with Crippen molar-refractivity contribution in [3.63, 3.8) is 0 Å². The molecular weight excluding hydrogens is 935 g/mol. The second kappa shape index (κ2) is 56.2. The molecule has 0 aliphatic heterocycles. The first kappa shape index (κ1) is 71.0.